The normalized spacial score (nSPS) is 10.3. The van der Waals surface area contributed by atoms with Crippen molar-refractivity contribution in [2.45, 2.75) is 31.8 Å². The summed E-state index contributed by atoms with van der Waals surface area (Å²) < 4.78 is 0. The van der Waals surface area contributed by atoms with Crippen LogP contribution in [0, 0.1) is 13.8 Å². The molecule has 0 atom stereocenters. The minimum Gasteiger partial charge on any atom is -0.369 e. The lowest BCUT2D eigenvalue weighted by atomic mass is 10.1. The van der Waals surface area contributed by atoms with E-state index in [1.165, 1.54) is 16.7 Å². The van der Waals surface area contributed by atoms with Crippen LogP contribution in [0.15, 0.2) is 5.16 Å². The Kier molecular flexibility index (Phi) is 7.63. The van der Waals surface area contributed by atoms with Gasteiger partial charge in [0.05, 0.1) is 12.3 Å². The smallest absolute Gasteiger partial charge is 0.241 e. The van der Waals surface area contributed by atoms with E-state index in [1.54, 1.807) is 14.1 Å². The number of hydrogen-bond donors (Lipinski definition) is 2. The number of primary amides is 1. The van der Waals surface area contributed by atoms with E-state index in [9.17, 15) is 14.4 Å². The zero-order chi connectivity index (χ0) is 18.3. The van der Waals surface area contributed by atoms with Crippen LogP contribution < -0.4 is 11.1 Å². The van der Waals surface area contributed by atoms with E-state index in [1.807, 2.05) is 13.8 Å². The molecule has 9 heteroatoms. The second-order valence-electron chi connectivity index (χ2n) is 5.48. The summed E-state index contributed by atoms with van der Waals surface area (Å²) in [5.41, 5.74) is 7.54. The molecule has 0 unspecified atom stereocenters. The van der Waals surface area contributed by atoms with E-state index < -0.39 is 5.91 Å². The number of hydrogen-bond acceptors (Lipinski definition) is 6. The van der Waals surface area contributed by atoms with Gasteiger partial charge in [0.25, 0.3) is 0 Å². The minimum atomic E-state index is -0.424. The first-order valence-electron chi connectivity index (χ1n) is 7.42. The van der Waals surface area contributed by atoms with Gasteiger partial charge in [-0.2, -0.15) is 0 Å². The van der Waals surface area contributed by atoms with Crippen molar-refractivity contribution in [2.75, 3.05) is 26.4 Å². The summed E-state index contributed by atoms with van der Waals surface area (Å²) >= 11 is 1.19. The molecule has 0 bridgehead atoms. The molecule has 1 heterocycles. The zero-order valence-corrected chi connectivity index (χ0v) is 15.2. The van der Waals surface area contributed by atoms with Gasteiger partial charge in [0.1, 0.15) is 0 Å². The third kappa shape index (κ3) is 6.53. The van der Waals surface area contributed by atoms with Crippen molar-refractivity contribution in [3.8, 4) is 0 Å². The molecule has 1 aromatic heterocycles. The fraction of sp³-hybridized carbons (Fsp3) is 0.533. The zero-order valence-electron chi connectivity index (χ0n) is 14.4. The summed E-state index contributed by atoms with van der Waals surface area (Å²) in [5.74, 6) is -0.654. The first-order chi connectivity index (χ1) is 11.2. The molecule has 0 aliphatic carbocycles. The van der Waals surface area contributed by atoms with Crippen LogP contribution in [0.1, 0.15) is 23.4 Å². The maximum absolute atomic E-state index is 11.8. The fourth-order valence-electron chi connectivity index (χ4n) is 1.93. The van der Waals surface area contributed by atoms with Gasteiger partial charge >= 0.3 is 0 Å². The van der Waals surface area contributed by atoms with E-state index in [4.69, 9.17) is 5.73 Å². The molecule has 0 saturated heterocycles. The van der Waals surface area contributed by atoms with Crippen LogP contribution in [0.4, 0.5) is 0 Å². The average Bonchev–Trinajstić information content (AvgIpc) is 2.49. The number of nitrogens with zero attached hydrogens (tertiary/aromatic N) is 3. The molecule has 0 radical (unpaired) electrons. The maximum atomic E-state index is 11.8. The Balaban J connectivity index is 2.60. The predicted octanol–water partition coefficient (Wildman–Crippen LogP) is -0.192. The Labute approximate surface area is 145 Å². The molecule has 3 amide bonds. The van der Waals surface area contributed by atoms with Gasteiger partial charge in [0, 0.05) is 31.9 Å². The lowest BCUT2D eigenvalue weighted by molar-refractivity contribution is -0.130. The van der Waals surface area contributed by atoms with Crippen LogP contribution >= 0.6 is 11.8 Å². The van der Waals surface area contributed by atoms with Crippen LogP contribution in [0.2, 0.25) is 0 Å². The molecule has 1 aromatic rings. The number of likely N-dealkylation sites (N-methyl/N-ethyl adjacent to an activating group) is 1. The van der Waals surface area contributed by atoms with Crippen molar-refractivity contribution in [3.05, 3.63) is 17.0 Å². The van der Waals surface area contributed by atoms with E-state index in [2.05, 4.69) is 15.3 Å². The van der Waals surface area contributed by atoms with Gasteiger partial charge in [-0.25, -0.2) is 9.97 Å². The first-order valence-corrected chi connectivity index (χ1v) is 8.41. The largest absolute Gasteiger partial charge is 0.369 e. The number of carbonyl (C=O) groups excluding carboxylic acids is 3. The van der Waals surface area contributed by atoms with Crippen LogP contribution in [-0.4, -0.2) is 59.0 Å². The number of nitrogens with one attached hydrogen (secondary N) is 1. The van der Waals surface area contributed by atoms with Crippen LogP contribution in [0.3, 0.4) is 0 Å². The quantitative estimate of drug-likeness (QED) is 0.494. The highest BCUT2D eigenvalue weighted by Gasteiger charge is 2.12. The topological polar surface area (TPSA) is 118 Å². The summed E-state index contributed by atoms with van der Waals surface area (Å²) in [6.45, 7) is 3.67. The summed E-state index contributed by atoms with van der Waals surface area (Å²) in [4.78, 5) is 44.2. The van der Waals surface area contributed by atoms with Crippen molar-refractivity contribution in [3.63, 3.8) is 0 Å². The molecule has 0 aliphatic heterocycles. The standard InChI is InChI=1S/C15H23N5O3S/c1-9-11(5-6-13(22)17-7-14(23)20(3)4)10(2)19-15(18-9)24-8-12(16)21/h5-8H2,1-4H3,(H2,16,21)(H,17,22). The second-order valence-corrected chi connectivity index (χ2v) is 6.42. The third-order valence-corrected chi connectivity index (χ3v) is 4.15. The number of amides is 3. The van der Waals surface area contributed by atoms with Gasteiger partial charge in [0.2, 0.25) is 17.7 Å². The van der Waals surface area contributed by atoms with Gasteiger partial charge in [-0.1, -0.05) is 11.8 Å². The van der Waals surface area contributed by atoms with Crippen LogP contribution in [-0.2, 0) is 20.8 Å². The minimum absolute atomic E-state index is 0.0109. The van der Waals surface area contributed by atoms with E-state index in [-0.39, 0.29) is 30.5 Å². The molecule has 0 aromatic carbocycles. The fourth-order valence-corrected chi connectivity index (χ4v) is 2.60. The highest BCUT2D eigenvalue weighted by molar-refractivity contribution is 7.99. The van der Waals surface area contributed by atoms with E-state index >= 15 is 0 Å². The van der Waals surface area contributed by atoms with Crippen LogP contribution in [0.5, 0.6) is 0 Å². The summed E-state index contributed by atoms with van der Waals surface area (Å²) in [7, 11) is 3.27. The summed E-state index contributed by atoms with van der Waals surface area (Å²) in [5, 5.41) is 3.08. The predicted molar refractivity (Wildman–Crippen MR) is 91.4 cm³/mol. The van der Waals surface area contributed by atoms with E-state index in [0.29, 0.717) is 11.6 Å². The Hall–Kier alpha value is -2.16. The van der Waals surface area contributed by atoms with Crippen molar-refractivity contribution in [1.82, 2.24) is 20.2 Å². The molecule has 8 nitrogen and oxygen atoms in total. The Bertz CT molecular complexity index is 611. The lowest BCUT2D eigenvalue weighted by Gasteiger charge is -2.12. The third-order valence-electron chi connectivity index (χ3n) is 3.28. The maximum Gasteiger partial charge on any atom is 0.241 e. The van der Waals surface area contributed by atoms with Crippen molar-refractivity contribution in [2.24, 2.45) is 5.73 Å². The van der Waals surface area contributed by atoms with Gasteiger partial charge in [-0.05, 0) is 25.8 Å². The van der Waals surface area contributed by atoms with Crippen LogP contribution in [0.25, 0.3) is 0 Å². The first kappa shape index (κ1) is 19.9. The van der Waals surface area contributed by atoms with Crippen molar-refractivity contribution < 1.29 is 14.4 Å². The molecule has 0 spiro atoms. The lowest BCUT2D eigenvalue weighted by Crippen LogP contribution is -2.36. The number of aromatic nitrogens is 2. The molecule has 132 valence electrons. The SMILES string of the molecule is Cc1nc(SCC(N)=O)nc(C)c1CCC(=O)NCC(=O)N(C)C. The van der Waals surface area contributed by atoms with Gasteiger partial charge in [-0.15, -0.1) is 0 Å². The van der Waals surface area contributed by atoms with E-state index in [0.717, 1.165) is 17.0 Å². The number of thioether (sulfide) groups is 1. The van der Waals surface area contributed by atoms with Gasteiger partial charge in [-0.3, -0.25) is 14.4 Å². The van der Waals surface area contributed by atoms with Crippen molar-refractivity contribution in [1.29, 1.82) is 0 Å². The number of carbonyl (C=O) groups is 3. The van der Waals surface area contributed by atoms with Gasteiger partial charge in [0.15, 0.2) is 5.16 Å². The highest BCUT2D eigenvalue weighted by atomic mass is 32.2. The number of nitrogens with two attached hydrogens (primary N) is 1. The van der Waals surface area contributed by atoms with Crippen molar-refractivity contribution >= 4 is 29.5 Å². The Morgan fingerprint density at radius 3 is 2.25 bits per heavy atom. The molecule has 0 saturated carbocycles. The Morgan fingerprint density at radius 1 is 1.17 bits per heavy atom. The average molecular weight is 353 g/mol. The molecule has 1 rings (SSSR count). The molecular formula is C15H23N5O3S. The molecule has 0 fully saturated rings. The molecule has 0 aliphatic rings. The monoisotopic (exact) mass is 353 g/mol. The highest BCUT2D eigenvalue weighted by Crippen LogP contribution is 2.18. The Morgan fingerprint density at radius 2 is 1.75 bits per heavy atom. The summed E-state index contributed by atoms with van der Waals surface area (Å²) in [6.07, 6.45) is 0.736. The molecular weight excluding hydrogens is 330 g/mol. The molecule has 24 heavy (non-hydrogen) atoms. The summed E-state index contributed by atoms with van der Waals surface area (Å²) in [6, 6.07) is 0. The number of rotatable bonds is 8. The van der Waals surface area contributed by atoms with Gasteiger partial charge < -0.3 is 16.0 Å². The number of aryl methyl sites for hydroxylation is 2. The second kappa shape index (κ2) is 9.21. The molecule has 3 N–H and O–H groups in total.